The van der Waals surface area contributed by atoms with E-state index in [0.29, 0.717) is 16.7 Å². The van der Waals surface area contributed by atoms with E-state index in [1.807, 2.05) is 10.6 Å². The standard InChI is InChI=1S/C12H15N3O3S/c1-2-3-6-15-11(9-5-4-7-18-9)13-14-12(15)19-8-10(16)17/h4-5,7H,2-3,6,8H2,1H3,(H,16,17). The number of thioether (sulfide) groups is 1. The minimum Gasteiger partial charge on any atom is -0.481 e. The van der Waals surface area contributed by atoms with Crippen LogP contribution in [0.3, 0.4) is 0 Å². The van der Waals surface area contributed by atoms with Gasteiger partial charge in [-0.15, -0.1) is 10.2 Å². The van der Waals surface area contributed by atoms with Crippen molar-refractivity contribution in [2.75, 3.05) is 5.75 Å². The molecule has 0 fully saturated rings. The number of unbranched alkanes of at least 4 members (excludes halogenated alkanes) is 1. The van der Waals surface area contributed by atoms with Gasteiger partial charge >= 0.3 is 5.97 Å². The van der Waals surface area contributed by atoms with Gasteiger partial charge in [-0.1, -0.05) is 25.1 Å². The minimum atomic E-state index is -0.866. The summed E-state index contributed by atoms with van der Waals surface area (Å²) < 4.78 is 7.24. The van der Waals surface area contributed by atoms with Crippen LogP contribution in [0.4, 0.5) is 0 Å². The van der Waals surface area contributed by atoms with Crippen LogP contribution >= 0.6 is 11.8 Å². The second-order valence-electron chi connectivity index (χ2n) is 3.97. The number of aromatic nitrogens is 3. The van der Waals surface area contributed by atoms with Crippen LogP contribution < -0.4 is 0 Å². The molecule has 0 bridgehead atoms. The molecule has 0 aliphatic heterocycles. The zero-order chi connectivity index (χ0) is 13.7. The summed E-state index contributed by atoms with van der Waals surface area (Å²) in [5.74, 6) is 0.397. The molecule has 2 heterocycles. The first-order chi connectivity index (χ1) is 9.22. The van der Waals surface area contributed by atoms with E-state index in [4.69, 9.17) is 9.52 Å². The number of hydrogen-bond donors (Lipinski definition) is 1. The van der Waals surface area contributed by atoms with Gasteiger partial charge in [-0.2, -0.15) is 0 Å². The normalized spacial score (nSPS) is 10.8. The van der Waals surface area contributed by atoms with Gasteiger partial charge in [-0.3, -0.25) is 9.36 Å². The summed E-state index contributed by atoms with van der Waals surface area (Å²) >= 11 is 1.17. The molecule has 0 aromatic carbocycles. The zero-order valence-corrected chi connectivity index (χ0v) is 11.4. The fourth-order valence-electron chi connectivity index (χ4n) is 1.63. The molecule has 19 heavy (non-hydrogen) atoms. The van der Waals surface area contributed by atoms with E-state index in [0.717, 1.165) is 19.4 Å². The number of aliphatic carboxylic acids is 1. The molecular formula is C12H15N3O3S. The van der Waals surface area contributed by atoms with Gasteiger partial charge in [0.2, 0.25) is 0 Å². The summed E-state index contributed by atoms with van der Waals surface area (Å²) in [6, 6.07) is 3.61. The molecule has 2 rings (SSSR count). The molecule has 2 aromatic heterocycles. The number of furan rings is 1. The summed E-state index contributed by atoms with van der Waals surface area (Å²) in [5.41, 5.74) is 0. The van der Waals surface area contributed by atoms with E-state index in [9.17, 15) is 4.79 Å². The van der Waals surface area contributed by atoms with Crippen molar-refractivity contribution in [2.24, 2.45) is 0 Å². The lowest BCUT2D eigenvalue weighted by Gasteiger charge is -2.07. The van der Waals surface area contributed by atoms with Crippen molar-refractivity contribution >= 4 is 17.7 Å². The highest BCUT2D eigenvalue weighted by molar-refractivity contribution is 7.99. The third kappa shape index (κ3) is 3.37. The van der Waals surface area contributed by atoms with E-state index in [1.54, 1.807) is 12.3 Å². The van der Waals surface area contributed by atoms with Crippen molar-refractivity contribution in [3.8, 4) is 11.6 Å². The van der Waals surface area contributed by atoms with E-state index < -0.39 is 5.97 Å². The second-order valence-corrected chi connectivity index (χ2v) is 4.91. The summed E-state index contributed by atoms with van der Waals surface area (Å²) in [7, 11) is 0. The SMILES string of the molecule is CCCCn1c(SCC(=O)O)nnc1-c1ccco1. The van der Waals surface area contributed by atoms with Gasteiger partial charge in [0, 0.05) is 6.54 Å². The monoisotopic (exact) mass is 281 g/mol. The molecule has 0 spiro atoms. The second kappa shape index (κ2) is 6.42. The van der Waals surface area contributed by atoms with Gasteiger partial charge in [-0.25, -0.2) is 0 Å². The number of carbonyl (C=O) groups is 1. The van der Waals surface area contributed by atoms with Crippen LogP contribution in [-0.2, 0) is 11.3 Å². The fourth-order valence-corrected chi connectivity index (χ4v) is 2.31. The van der Waals surface area contributed by atoms with Gasteiger partial charge in [0.15, 0.2) is 16.7 Å². The lowest BCUT2D eigenvalue weighted by atomic mass is 10.3. The minimum absolute atomic E-state index is 0.0254. The highest BCUT2D eigenvalue weighted by Gasteiger charge is 2.16. The maximum Gasteiger partial charge on any atom is 0.313 e. The lowest BCUT2D eigenvalue weighted by Crippen LogP contribution is -2.04. The molecule has 102 valence electrons. The average Bonchev–Trinajstić information content (AvgIpc) is 3.02. The third-order valence-electron chi connectivity index (χ3n) is 2.52. The Morgan fingerprint density at radius 3 is 3.00 bits per heavy atom. The molecule has 0 radical (unpaired) electrons. The van der Waals surface area contributed by atoms with Gasteiger partial charge in [-0.05, 0) is 18.6 Å². The Morgan fingerprint density at radius 1 is 1.53 bits per heavy atom. The molecule has 7 heteroatoms. The van der Waals surface area contributed by atoms with Crippen LogP contribution in [-0.4, -0.2) is 31.6 Å². The van der Waals surface area contributed by atoms with E-state index in [2.05, 4.69) is 17.1 Å². The molecule has 0 aliphatic rings. The summed E-state index contributed by atoms with van der Waals surface area (Å²) in [5, 5.41) is 17.5. The average molecular weight is 281 g/mol. The molecule has 0 saturated heterocycles. The summed E-state index contributed by atoms with van der Waals surface area (Å²) in [6.07, 6.45) is 3.60. The van der Waals surface area contributed by atoms with Crippen molar-refractivity contribution in [3.63, 3.8) is 0 Å². The Balaban J connectivity index is 2.25. The van der Waals surface area contributed by atoms with E-state index in [1.165, 1.54) is 11.8 Å². The van der Waals surface area contributed by atoms with Crippen LogP contribution in [0.15, 0.2) is 28.0 Å². The predicted octanol–water partition coefficient (Wildman–Crippen LogP) is 2.51. The summed E-state index contributed by atoms with van der Waals surface area (Å²) in [4.78, 5) is 10.6. The van der Waals surface area contributed by atoms with Gasteiger partial charge < -0.3 is 9.52 Å². The Hall–Kier alpha value is -1.76. The highest BCUT2D eigenvalue weighted by atomic mass is 32.2. The smallest absolute Gasteiger partial charge is 0.313 e. The topological polar surface area (TPSA) is 81.2 Å². The molecule has 0 atom stereocenters. The van der Waals surface area contributed by atoms with E-state index in [-0.39, 0.29) is 5.75 Å². The molecule has 0 aliphatic carbocycles. The number of rotatable bonds is 7. The first-order valence-corrected chi connectivity index (χ1v) is 7.02. The van der Waals surface area contributed by atoms with Crippen molar-refractivity contribution in [2.45, 2.75) is 31.5 Å². The molecule has 1 N–H and O–H groups in total. The number of carboxylic acids is 1. The van der Waals surface area contributed by atoms with Crippen molar-refractivity contribution in [1.82, 2.24) is 14.8 Å². The third-order valence-corrected chi connectivity index (χ3v) is 3.47. The van der Waals surface area contributed by atoms with Crippen LogP contribution in [0.5, 0.6) is 0 Å². The fraction of sp³-hybridized carbons (Fsp3) is 0.417. The molecule has 0 unspecified atom stereocenters. The largest absolute Gasteiger partial charge is 0.481 e. The number of hydrogen-bond acceptors (Lipinski definition) is 5. The van der Waals surface area contributed by atoms with Crippen LogP contribution in [0.2, 0.25) is 0 Å². The Bertz CT molecular complexity index is 536. The van der Waals surface area contributed by atoms with Gasteiger partial charge in [0.25, 0.3) is 0 Å². The van der Waals surface area contributed by atoms with Crippen LogP contribution in [0.1, 0.15) is 19.8 Å². The molecule has 0 saturated carbocycles. The Kier molecular flexibility index (Phi) is 4.62. The van der Waals surface area contributed by atoms with Crippen molar-refractivity contribution in [1.29, 1.82) is 0 Å². The molecular weight excluding hydrogens is 266 g/mol. The number of nitrogens with zero attached hydrogens (tertiary/aromatic N) is 3. The van der Waals surface area contributed by atoms with Crippen LogP contribution in [0.25, 0.3) is 11.6 Å². The quantitative estimate of drug-likeness (QED) is 0.785. The maximum atomic E-state index is 10.6. The van der Waals surface area contributed by atoms with Gasteiger partial charge in [0.1, 0.15) is 0 Å². The molecule has 2 aromatic rings. The first-order valence-electron chi connectivity index (χ1n) is 6.04. The van der Waals surface area contributed by atoms with Crippen LogP contribution in [0, 0.1) is 0 Å². The maximum absolute atomic E-state index is 10.6. The first kappa shape index (κ1) is 13.7. The van der Waals surface area contributed by atoms with Crippen molar-refractivity contribution in [3.05, 3.63) is 18.4 Å². The van der Waals surface area contributed by atoms with E-state index >= 15 is 0 Å². The zero-order valence-electron chi connectivity index (χ0n) is 10.6. The predicted molar refractivity (Wildman–Crippen MR) is 71.0 cm³/mol. The summed E-state index contributed by atoms with van der Waals surface area (Å²) in [6.45, 7) is 2.85. The Morgan fingerprint density at radius 2 is 2.37 bits per heavy atom. The van der Waals surface area contributed by atoms with Gasteiger partial charge in [0.05, 0.1) is 12.0 Å². The molecule has 6 nitrogen and oxygen atoms in total. The Labute approximate surface area is 114 Å². The molecule has 0 amide bonds. The highest BCUT2D eigenvalue weighted by Crippen LogP contribution is 2.24. The van der Waals surface area contributed by atoms with Crippen molar-refractivity contribution < 1.29 is 14.3 Å². The lowest BCUT2D eigenvalue weighted by molar-refractivity contribution is -0.133. The number of carboxylic acid groups (broad SMARTS) is 1.